The lowest BCUT2D eigenvalue weighted by molar-refractivity contribution is 0.0737. The molecule has 0 spiro atoms. The van der Waals surface area contributed by atoms with Crippen molar-refractivity contribution in [1.29, 1.82) is 0 Å². The van der Waals surface area contributed by atoms with Gasteiger partial charge in [-0.2, -0.15) is 5.10 Å². The van der Waals surface area contributed by atoms with Crippen LogP contribution in [0.25, 0.3) is 5.65 Å². The Morgan fingerprint density at radius 2 is 2.09 bits per heavy atom. The molecule has 4 rings (SSSR count). The number of rotatable bonds is 2. The van der Waals surface area contributed by atoms with Gasteiger partial charge in [0, 0.05) is 26.0 Å². The van der Waals surface area contributed by atoms with E-state index >= 15 is 0 Å². The Morgan fingerprint density at radius 1 is 1.26 bits per heavy atom. The zero-order valence-corrected chi connectivity index (χ0v) is 13.4. The molecule has 0 radical (unpaired) electrons. The molecule has 23 heavy (non-hydrogen) atoms. The Balaban J connectivity index is 1.73. The Morgan fingerprint density at radius 3 is 2.91 bits per heavy atom. The van der Waals surface area contributed by atoms with Gasteiger partial charge in [0.05, 0.1) is 12.2 Å². The number of nitrogens with zero attached hydrogens (tertiary/aromatic N) is 4. The first kappa shape index (κ1) is 14.1. The summed E-state index contributed by atoms with van der Waals surface area (Å²) in [6, 6.07) is 8.52. The van der Waals surface area contributed by atoms with Gasteiger partial charge in [0.2, 0.25) is 0 Å². The highest BCUT2D eigenvalue weighted by molar-refractivity contribution is 6.00. The van der Waals surface area contributed by atoms with E-state index in [4.69, 9.17) is 0 Å². The van der Waals surface area contributed by atoms with Crippen molar-refractivity contribution >= 4 is 11.6 Å². The summed E-state index contributed by atoms with van der Waals surface area (Å²) in [5.41, 5.74) is 4.04. The van der Waals surface area contributed by atoms with E-state index in [1.54, 1.807) is 10.7 Å². The SMILES string of the molecule is Cc1ccccc1C1CCCN1C(=O)c1cnn2ccn(C)c12. The van der Waals surface area contributed by atoms with Crippen LogP contribution >= 0.6 is 0 Å². The topological polar surface area (TPSA) is 42.5 Å². The quantitative estimate of drug-likeness (QED) is 0.730. The van der Waals surface area contributed by atoms with Crippen LogP contribution in [0, 0.1) is 6.92 Å². The van der Waals surface area contributed by atoms with Gasteiger partial charge in [-0.25, -0.2) is 4.52 Å². The third-order valence-corrected chi connectivity index (χ3v) is 4.83. The van der Waals surface area contributed by atoms with E-state index in [2.05, 4.69) is 30.2 Å². The van der Waals surface area contributed by atoms with Crippen LogP contribution in [0.4, 0.5) is 0 Å². The van der Waals surface area contributed by atoms with Crippen molar-refractivity contribution in [2.24, 2.45) is 7.05 Å². The Kier molecular flexibility index (Phi) is 3.22. The maximum absolute atomic E-state index is 13.1. The molecule has 1 atom stereocenters. The molecule has 0 aliphatic carbocycles. The molecule has 5 heteroatoms. The lowest BCUT2D eigenvalue weighted by Crippen LogP contribution is -2.31. The van der Waals surface area contributed by atoms with Gasteiger partial charge in [0.25, 0.3) is 5.91 Å². The van der Waals surface area contributed by atoms with Gasteiger partial charge in [0.15, 0.2) is 0 Å². The van der Waals surface area contributed by atoms with Crippen LogP contribution in [-0.4, -0.2) is 31.5 Å². The maximum atomic E-state index is 13.1. The van der Waals surface area contributed by atoms with Crippen molar-refractivity contribution in [3.63, 3.8) is 0 Å². The van der Waals surface area contributed by atoms with Gasteiger partial charge in [0.1, 0.15) is 11.2 Å². The summed E-state index contributed by atoms with van der Waals surface area (Å²) in [6.45, 7) is 2.92. The van der Waals surface area contributed by atoms with E-state index in [0.29, 0.717) is 5.56 Å². The van der Waals surface area contributed by atoms with E-state index in [1.165, 1.54) is 11.1 Å². The molecule has 3 heterocycles. The zero-order valence-electron chi connectivity index (χ0n) is 13.4. The Bertz CT molecular complexity index is 876. The molecule has 1 amide bonds. The van der Waals surface area contributed by atoms with E-state index in [-0.39, 0.29) is 11.9 Å². The lowest BCUT2D eigenvalue weighted by Gasteiger charge is -2.26. The molecule has 118 valence electrons. The number of carbonyl (C=O) groups is 1. The van der Waals surface area contributed by atoms with E-state index in [9.17, 15) is 4.79 Å². The second-order valence-corrected chi connectivity index (χ2v) is 6.25. The van der Waals surface area contributed by atoms with Crippen LogP contribution < -0.4 is 0 Å². The predicted molar refractivity (Wildman–Crippen MR) is 88.4 cm³/mol. The standard InChI is InChI=1S/C18H20N4O/c1-13-6-3-4-7-14(13)16-8-5-9-21(16)18(23)15-12-19-22-11-10-20(2)17(15)22/h3-4,6-7,10-12,16H,5,8-9H2,1-2H3. The molecule has 0 saturated carbocycles. The van der Waals surface area contributed by atoms with Gasteiger partial charge < -0.3 is 9.47 Å². The second kappa shape index (κ2) is 5.26. The maximum Gasteiger partial charge on any atom is 0.259 e. The largest absolute Gasteiger partial charge is 0.334 e. The highest BCUT2D eigenvalue weighted by Crippen LogP contribution is 2.35. The number of hydrogen-bond donors (Lipinski definition) is 0. The molecular weight excluding hydrogens is 288 g/mol. The van der Waals surface area contributed by atoms with E-state index in [1.807, 2.05) is 35.0 Å². The Hall–Kier alpha value is -2.56. The molecule has 1 aliphatic rings. The lowest BCUT2D eigenvalue weighted by atomic mass is 9.99. The first-order valence-corrected chi connectivity index (χ1v) is 8.02. The van der Waals surface area contributed by atoms with Gasteiger partial charge in [-0.15, -0.1) is 0 Å². The number of fused-ring (bicyclic) bond motifs is 1. The monoisotopic (exact) mass is 308 g/mol. The van der Waals surface area contributed by atoms with Crippen LogP contribution in [-0.2, 0) is 7.05 Å². The first-order valence-electron chi connectivity index (χ1n) is 8.02. The van der Waals surface area contributed by atoms with Crippen molar-refractivity contribution in [1.82, 2.24) is 19.1 Å². The summed E-state index contributed by atoms with van der Waals surface area (Å²) >= 11 is 0. The van der Waals surface area contributed by atoms with Gasteiger partial charge >= 0.3 is 0 Å². The minimum absolute atomic E-state index is 0.0764. The van der Waals surface area contributed by atoms with E-state index < -0.39 is 0 Å². The summed E-state index contributed by atoms with van der Waals surface area (Å²) in [5, 5.41) is 4.30. The van der Waals surface area contributed by atoms with Crippen molar-refractivity contribution < 1.29 is 4.79 Å². The number of hydrogen-bond acceptors (Lipinski definition) is 2. The van der Waals surface area contributed by atoms with Gasteiger partial charge in [-0.3, -0.25) is 4.79 Å². The predicted octanol–water partition coefficient (Wildman–Crippen LogP) is 2.96. The average Bonchev–Trinajstić information content (AvgIpc) is 3.25. The highest BCUT2D eigenvalue weighted by atomic mass is 16.2. The number of aryl methyl sites for hydroxylation is 2. The molecule has 0 bridgehead atoms. The number of benzene rings is 1. The molecule has 1 aliphatic heterocycles. The molecule has 5 nitrogen and oxygen atoms in total. The fourth-order valence-corrected chi connectivity index (χ4v) is 3.65. The average molecular weight is 308 g/mol. The van der Waals surface area contributed by atoms with Gasteiger partial charge in [-0.05, 0) is 30.9 Å². The molecule has 1 saturated heterocycles. The van der Waals surface area contributed by atoms with Crippen LogP contribution in [0.2, 0.25) is 0 Å². The molecule has 1 unspecified atom stereocenters. The molecule has 1 fully saturated rings. The Labute approximate surface area is 135 Å². The molecular formula is C18H20N4O. The summed E-state index contributed by atoms with van der Waals surface area (Å²) < 4.78 is 3.70. The third kappa shape index (κ3) is 2.15. The number of imidazole rings is 1. The smallest absolute Gasteiger partial charge is 0.259 e. The normalized spacial score (nSPS) is 18.0. The zero-order chi connectivity index (χ0) is 16.0. The first-order chi connectivity index (χ1) is 11.2. The summed E-state index contributed by atoms with van der Waals surface area (Å²) in [7, 11) is 1.94. The molecule has 1 aromatic carbocycles. The molecule has 0 N–H and O–H groups in total. The summed E-state index contributed by atoms with van der Waals surface area (Å²) in [4.78, 5) is 15.1. The van der Waals surface area contributed by atoms with Crippen molar-refractivity contribution in [3.05, 3.63) is 59.5 Å². The van der Waals surface area contributed by atoms with Crippen LogP contribution in [0.3, 0.4) is 0 Å². The van der Waals surface area contributed by atoms with Crippen LogP contribution in [0.15, 0.2) is 42.9 Å². The number of likely N-dealkylation sites (tertiary alicyclic amines) is 1. The molecule has 2 aromatic heterocycles. The number of amides is 1. The summed E-state index contributed by atoms with van der Waals surface area (Å²) in [5.74, 6) is 0.0764. The van der Waals surface area contributed by atoms with Crippen LogP contribution in [0.5, 0.6) is 0 Å². The van der Waals surface area contributed by atoms with E-state index in [0.717, 1.165) is 25.0 Å². The minimum atomic E-state index is 0.0764. The van der Waals surface area contributed by atoms with Crippen molar-refractivity contribution in [2.45, 2.75) is 25.8 Å². The fourth-order valence-electron chi connectivity index (χ4n) is 3.65. The van der Waals surface area contributed by atoms with Crippen LogP contribution in [0.1, 0.15) is 40.4 Å². The third-order valence-electron chi connectivity index (χ3n) is 4.83. The van der Waals surface area contributed by atoms with Crippen molar-refractivity contribution in [3.8, 4) is 0 Å². The summed E-state index contributed by atoms with van der Waals surface area (Å²) in [6.07, 6.45) is 7.54. The molecule has 3 aromatic rings. The fraction of sp³-hybridized carbons (Fsp3) is 0.333. The van der Waals surface area contributed by atoms with Gasteiger partial charge in [-0.1, -0.05) is 24.3 Å². The minimum Gasteiger partial charge on any atom is -0.334 e. The van der Waals surface area contributed by atoms with Crippen molar-refractivity contribution in [2.75, 3.05) is 6.54 Å². The number of aromatic nitrogens is 3. The highest BCUT2D eigenvalue weighted by Gasteiger charge is 2.33. The second-order valence-electron chi connectivity index (χ2n) is 6.25. The number of carbonyl (C=O) groups excluding carboxylic acids is 1.